The number of hydrogen-bond donors (Lipinski definition) is 3. The lowest BCUT2D eigenvalue weighted by Gasteiger charge is -2.24. The van der Waals surface area contributed by atoms with Gasteiger partial charge in [0, 0.05) is 11.5 Å². The fourth-order valence-corrected chi connectivity index (χ4v) is 2.51. The monoisotopic (exact) mass is 221 g/mol. The van der Waals surface area contributed by atoms with Crippen molar-refractivity contribution >= 4 is 0 Å². The average Bonchev–Trinajstić information content (AvgIpc) is 3.01. The van der Waals surface area contributed by atoms with E-state index in [1.54, 1.807) is 6.07 Å². The van der Waals surface area contributed by atoms with Crippen molar-refractivity contribution in [2.45, 2.75) is 45.1 Å². The van der Waals surface area contributed by atoms with Crippen LogP contribution in [0, 0.1) is 13.8 Å². The first kappa shape index (κ1) is 11.3. The highest BCUT2D eigenvalue weighted by molar-refractivity contribution is 5.55. The van der Waals surface area contributed by atoms with Crippen LogP contribution in [0.15, 0.2) is 6.07 Å². The summed E-state index contributed by atoms with van der Waals surface area (Å²) in [6.07, 6.45) is 2.13. The molecular weight excluding hydrogens is 202 g/mol. The standard InChI is InChI=1S/C13H19NO2/c1-7-8(2)12(16)11(15)6-10(7)13(4-5-13)9(3)14/h6,9,15-16H,4-5,14H2,1-3H3. The second kappa shape index (κ2) is 3.39. The number of phenols is 2. The molecule has 0 bridgehead atoms. The predicted octanol–water partition coefficient (Wildman–Crippen LogP) is 2.09. The van der Waals surface area contributed by atoms with E-state index in [1.165, 1.54) is 0 Å². The molecule has 1 aliphatic rings. The van der Waals surface area contributed by atoms with Crippen LogP contribution in [0.5, 0.6) is 11.5 Å². The summed E-state index contributed by atoms with van der Waals surface area (Å²) in [4.78, 5) is 0. The zero-order chi connectivity index (χ0) is 12.1. The number of aromatic hydroxyl groups is 2. The minimum Gasteiger partial charge on any atom is -0.504 e. The highest BCUT2D eigenvalue weighted by Gasteiger charge is 2.48. The van der Waals surface area contributed by atoms with Crippen LogP contribution in [0.3, 0.4) is 0 Å². The molecular formula is C13H19NO2. The molecule has 0 saturated heterocycles. The van der Waals surface area contributed by atoms with Gasteiger partial charge in [0.1, 0.15) is 0 Å². The minimum absolute atomic E-state index is 0.0123. The Hall–Kier alpha value is -1.22. The van der Waals surface area contributed by atoms with Gasteiger partial charge in [0.25, 0.3) is 0 Å². The summed E-state index contributed by atoms with van der Waals surface area (Å²) in [6.45, 7) is 5.81. The Balaban J connectivity index is 2.59. The first-order valence-corrected chi connectivity index (χ1v) is 5.68. The van der Waals surface area contributed by atoms with Gasteiger partial charge in [-0.25, -0.2) is 0 Å². The van der Waals surface area contributed by atoms with Crippen LogP contribution in [-0.2, 0) is 5.41 Å². The summed E-state index contributed by atoms with van der Waals surface area (Å²) in [6, 6.07) is 1.75. The highest BCUT2D eigenvalue weighted by Crippen LogP contribution is 2.53. The van der Waals surface area contributed by atoms with Gasteiger partial charge in [0.2, 0.25) is 0 Å². The molecule has 3 nitrogen and oxygen atoms in total. The van der Waals surface area contributed by atoms with Crippen LogP contribution in [0.2, 0.25) is 0 Å². The van der Waals surface area contributed by atoms with Gasteiger partial charge in [-0.15, -0.1) is 0 Å². The molecule has 0 radical (unpaired) electrons. The molecule has 16 heavy (non-hydrogen) atoms. The molecule has 0 heterocycles. The Labute approximate surface area is 95.9 Å². The Morgan fingerprint density at radius 2 is 1.81 bits per heavy atom. The average molecular weight is 221 g/mol. The molecule has 3 heteroatoms. The largest absolute Gasteiger partial charge is 0.504 e. The molecule has 1 fully saturated rings. The van der Waals surface area contributed by atoms with Crippen LogP contribution in [0.1, 0.15) is 36.5 Å². The van der Waals surface area contributed by atoms with Crippen molar-refractivity contribution in [1.29, 1.82) is 0 Å². The number of rotatable bonds is 2. The Morgan fingerprint density at radius 3 is 2.25 bits per heavy atom. The van der Waals surface area contributed by atoms with Crippen molar-refractivity contribution in [3.8, 4) is 11.5 Å². The van der Waals surface area contributed by atoms with Crippen LogP contribution in [0.4, 0.5) is 0 Å². The van der Waals surface area contributed by atoms with E-state index in [0.717, 1.165) is 29.5 Å². The molecule has 2 rings (SSSR count). The fourth-order valence-electron chi connectivity index (χ4n) is 2.51. The number of phenolic OH excluding ortho intramolecular Hbond substituents is 2. The van der Waals surface area contributed by atoms with E-state index in [-0.39, 0.29) is 23.0 Å². The summed E-state index contributed by atoms with van der Waals surface area (Å²) < 4.78 is 0. The van der Waals surface area contributed by atoms with Gasteiger partial charge in [0.05, 0.1) is 0 Å². The summed E-state index contributed by atoms with van der Waals surface area (Å²) in [5, 5.41) is 19.3. The van der Waals surface area contributed by atoms with Crippen molar-refractivity contribution in [2.75, 3.05) is 0 Å². The van der Waals surface area contributed by atoms with Gasteiger partial charge in [-0.2, -0.15) is 0 Å². The third kappa shape index (κ3) is 1.39. The van der Waals surface area contributed by atoms with E-state index < -0.39 is 0 Å². The van der Waals surface area contributed by atoms with E-state index in [9.17, 15) is 10.2 Å². The van der Waals surface area contributed by atoms with E-state index in [4.69, 9.17) is 5.73 Å². The second-order valence-electron chi connectivity index (χ2n) is 4.99. The molecule has 1 unspecified atom stereocenters. The lowest BCUT2D eigenvalue weighted by Crippen LogP contribution is -2.32. The van der Waals surface area contributed by atoms with Gasteiger partial charge >= 0.3 is 0 Å². The third-order valence-corrected chi connectivity index (χ3v) is 4.04. The van der Waals surface area contributed by atoms with Crippen molar-refractivity contribution in [2.24, 2.45) is 5.73 Å². The Kier molecular flexibility index (Phi) is 2.39. The van der Waals surface area contributed by atoms with E-state index >= 15 is 0 Å². The van der Waals surface area contributed by atoms with Crippen LogP contribution >= 0.6 is 0 Å². The molecule has 88 valence electrons. The molecule has 1 aliphatic carbocycles. The topological polar surface area (TPSA) is 66.5 Å². The zero-order valence-electron chi connectivity index (χ0n) is 10.0. The van der Waals surface area contributed by atoms with Gasteiger partial charge in [-0.1, -0.05) is 0 Å². The second-order valence-corrected chi connectivity index (χ2v) is 4.99. The molecule has 1 aromatic rings. The molecule has 1 saturated carbocycles. The van der Waals surface area contributed by atoms with Crippen molar-refractivity contribution < 1.29 is 10.2 Å². The highest BCUT2D eigenvalue weighted by atomic mass is 16.3. The maximum atomic E-state index is 9.69. The first-order chi connectivity index (χ1) is 7.40. The number of hydrogen-bond acceptors (Lipinski definition) is 3. The van der Waals surface area contributed by atoms with Gasteiger partial charge < -0.3 is 15.9 Å². The van der Waals surface area contributed by atoms with E-state index in [1.807, 2.05) is 20.8 Å². The molecule has 0 aliphatic heterocycles. The van der Waals surface area contributed by atoms with Gasteiger partial charge in [0.15, 0.2) is 11.5 Å². The summed E-state index contributed by atoms with van der Waals surface area (Å²) in [5.41, 5.74) is 8.93. The minimum atomic E-state index is -0.0370. The Morgan fingerprint density at radius 1 is 1.25 bits per heavy atom. The van der Waals surface area contributed by atoms with Crippen molar-refractivity contribution in [3.63, 3.8) is 0 Å². The maximum absolute atomic E-state index is 9.69. The molecule has 0 amide bonds. The van der Waals surface area contributed by atoms with Crippen molar-refractivity contribution in [1.82, 2.24) is 0 Å². The van der Waals surface area contributed by atoms with Gasteiger partial charge in [-0.05, 0) is 56.4 Å². The normalized spacial score (nSPS) is 19.5. The lowest BCUT2D eigenvalue weighted by atomic mass is 9.84. The summed E-state index contributed by atoms with van der Waals surface area (Å²) in [5.74, 6) is -0.0493. The fraction of sp³-hybridized carbons (Fsp3) is 0.538. The quantitative estimate of drug-likeness (QED) is 0.670. The SMILES string of the molecule is Cc1c(C2(C(C)N)CC2)cc(O)c(O)c1C. The van der Waals surface area contributed by atoms with E-state index in [2.05, 4.69) is 0 Å². The van der Waals surface area contributed by atoms with Crippen LogP contribution in [0.25, 0.3) is 0 Å². The molecule has 1 atom stereocenters. The lowest BCUT2D eigenvalue weighted by molar-refractivity contribution is 0.398. The summed E-state index contributed by atoms with van der Waals surface area (Å²) in [7, 11) is 0. The Bertz CT molecular complexity index is 434. The van der Waals surface area contributed by atoms with Gasteiger partial charge in [-0.3, -0.25) is 0 Å². The third-order valence-electron chi connectivity index (χ3n) is 4.04. The first-order valence-electron chi connectivity index (χ1n) is 5.68. The molecule has 0 aromatic heterocycles. The molecule has 4 N–H and O–H groups in total. The smallest absolute Gasteiger partial charge is 0.160 e. The predicted molar refractivity (Wildman–Crippen MR) is 63.8 cm³/mol. The number of benzene rings is 1. The molecule has 1 aromatic carbocycles. The van der Waals surface area contributed by atoms with Crippen LogP contribution < -0.4 is 5.73 Å². The summed E-state index contributed by atoms with van der Waals surface area (Å²) >= 11 is 0. The van der Waals surface area contributed by atoms with E-state index in [0.29, 0.717) is 0 Å². The zero-order valence-corrected chi connectivity index (χ0v) is 10.0. The maximum Gasteiger partial charge on any atom is 0.160 e. The molecule has 0 spiro atoms. The van der Waals surface area contributed by atoms with Crippen LogP contribution in [-0.4, -0.2) is 16.3 Å². The number of nitrogens with two attached hydrogens (primary N) is 1. The van der Waals surface area contributed by atoms with Crippen molar-refractivity contribution in [3.05, 3.63) is 22.8 Å².